The molecular formula is C21H21FN4O2. The molecule has 0 aliphatic carbocycles. The Hall–Kier alpha value is -3.22. The number of carbonyl (C=O) groups excluding carboxylic acids is 1. The van der Waals surface area contributed by atoms with E-state index in [0.717, 1.165) is 24.0 Å². The molecule has 2 heterocycles. The molecule has 0 bridgehead atoms. The molecule has 3 aromatic rings. The SMILES string of the molecule is O=C(NCc1ccc(F)cc1)C1CCN(c2noc(-c3ccccc3)n2)CC1. The minimum atomic E-state index is -0.278. The molecule has 7 heteroatoms. The quantitative estimate of drug-likeness (QED) is 0.734. The molecule has 144 valence electrons. The molecule has 1 amide bonds. The summed E-state index contributed by atoms with van der Waals surface area (Å²) in [6.45, 7) is 1.80. The summed E-state index contributed by atoms with van der Waals surface area (Å²) in [6, 6.07) is 15.8. The van der Waals surface area contributed by atoms with Crippen LogP contribution in [0.3, 0.4) is 0 Å². The Morgan fingerprint density at radius 2 is 1.82 bits per heavy atom. The summed E-state index contributed by atoms with van der Waals surface area (Å²) >= 11 is 0. The van der Waals surface area contributed by atoms with Crippen molar-refractivity contribution >= 4 is 11.9 Å². The van der Waals surface area contributed by atoms with Crippen LogP contribution in [0.2, 0.25) is 0 Å². The van der Waals surface area contributed by atoms with Gasteiger partial charge in [0.25, 0.3) is 11.8 Å². The molecule has 2 aromatic carbocycles. The van der Waals surface area contributed by atoms with Gasteiger partial charge in [0, 0.05) is 31.1 Å². The third-order valence-corrected chi connectivity index (χ3v) is 4.96. The van der Waals surface area contributed by atoms with Gasteiger partial charge in [-0.3, -0.25) is 4.79 Å². The van der Waals surface area contributed by atoms with Gasteiger partial charge in [0.2, 0.25) is 5.91 Å². The average Bonchev–Trinajstić information content (AvgIpc) is 3.24. The number of amides is 1. The number of halogens is 1. The Morgan fingerprint density at radius 3 is 2.54 bits per heavy atom. The first kappa shape index (κ1) is 18.2. The van der Waals surface area contributed by atoms with Crippen LogP contribution >= 0.6 is 0 Å². The van der Waals surface area contributed by atoms with Crippen molar-refractivity contribution < 1.29 is 13.7 Å². The van der Waals surface area contributed by atoms with E-state index < -0.39 is 0 Å². The van der Waals surface area contributed by atoms with E-state index in [9.17, 15) is 9.18 Å². The number of hydrogen-bond donors (Lipinski definition) is 1. The molecule has 1 saturated heterocycles. The molecule has 0 atom stereocenters. The molecule has 1 N–H and O–H groups in total. The summed E-state index contributed by atoms with van der Waals surface area (Å²) < 4.78 is 18.3. The smallest absolute Gasteiger partial charge is 0.266 e. The van der Waals surface area contributed by atoms with Crippen LogP contribution in [0.5, 0.6) is 0 Å². The van der Waals surface area contributed by atoms with E-state index in [2.05, 4.69) is 15.5 Å². The lowest BCUT2D eigenvalue weighted by Gasteiger charge is -2.30. The molecule has 6 nitrogen and oxygen atoms in total. The van der Waals surface area contributed by atoms with Crippen molar-refractivity contribution in [3.05, 3.63) is 66.0 Å². The number of nitrogens with zero attached hydrogens (tertiary/aromatic N) is 3. The van der Waals surface area contributed by atoms with E-state index in [0.29, 0.717) is 31.5 Å². The van der Waals surface area contributed by atoms with Gasteiger partial charge in [-0.1, -0.05) is 30.3 Å². The highest BCUT2D eigenvalue weighted by Crippen LogP contribution is 2.24. The highest BCUT2D eigenvalue weighted by atomic mass is 19.1. The first-order chi connectivity index (χ1) is 13.7. The molecule has 0 radical (unpaired) electrons. The van der Waals surface area contributed by atoms with Gasteiger partial charge in [0.1, 0.15) is 5.82 Å². The number of carbonyl (C=O) groups is 1. The molecule has 1 fully saturated rings. The molecule has 28 heavy (non-hydrogen) atoms. The van der Waals surface area contributed by atoms with Gasteiger partial charge in [0.05, 0.1) is 0 Å². The molecule has 0 unspecified atom stereocenters. The van der Waals surface area contributed by atoms with Crippen LogP contribution in [0.4, 0.5) is 10.3 Å². The third kappa shape index (κ3) is 4.19. The Labute approximate surface area is 162 Å². The predicted molar refractivity (Wildman–Crippen MR) is 103 cm³/mol. The average molecular weight is 380 g/mol. The largest absolute Gasteiger partial charge is 0.352 e. The molecule has 1 aliphatic heterocycles. The van der Waals surface area contributed by atoms with E-state index in [1.54, 1.807) is 12.1 Å². The van der Waals surface area contributed by atoms with Crippen LogP contribution in [0.15, 0.2) is 59.1 Å². The maximum absolute atomic E-state index is 12.9. The normalized spacial score (nSPS) is 14.8. The van der Waals surface area contributed by atoms with Gasteiger partial charge >= 0.3 is 0 Å². The zero-order valence-corrected chi connectivity index (χ0v) is 15.3. The molecular weight excluding hydrogens is 359 g/mol. The fraction of sp³-hybridized carbons (Fsp3) is 0.286. The van der Waals surface area contributed by atoms with Crippen LogP contribution in [0.25, 0.3) is 11.5 Å². The van der Waals surface area contributed by atoms with Crippen LogP contribution < -0.4 is 10.2 Å². The molecule has 0 saturated carbocycles. The minimum absolute atomic E-state index is 0.0297. The summed E-state index contributed by atoms with van der Waals surface area (Å²) in [5, 5.41) is 7.02. The molecule has 1 aromatic heterocycles. The first-order valence-corrected chi connectivity index (χ1v) is 9.35. The van der Waals surface area contributed by atoms with Gasteiger partial charge < -0.3 is 14.7 Å². The standard InChI is InChI=1S/C21H21FN4O2/c22-18-8-6-15(7-9-18)14-23-19(27)16-10-12-26(13-11-16)21-24-20(28-25-21)17-4-2-1-3-5-17/h1-9,16H,10-14H2,(H,23,27). The lowest BCUT2D eigenvalue weighted by molar-refractivity contribution is -0.125. The van der Waals surface area contributed by atoms with Crippen LogP contribution in [0.1, 0.15) is 18.4 Å². The van der Waals surface area contributed by atoms with Crippen molar-refractivity contribution in [2.45, 2.75) is 19.4 Å². The van der Waals surface area contributed by atoms with Crippen LogP contribution in [0, 0.1) is 11.7 Å². The highest BCUT2D eigenvalue weighted by Gasteiger charge is 2.27. The van der Waals surface area contributed by atoms with Crippen molar-refractivity contribution in [2.75, 3.05) is 18.0 Å². The Kier molecular flexibility index (Phi) is 5.32. The Balaban J connectivity index is 1.29. The van der Waals surface area contributed by atoms with Crippen LogP contribution in [-0.2, 0) is 11.3 Å². The fourth-order valence-electron chi connectivity index (χ4n) is 3.32. The summed E-state index contributed by atoms with van der Waals surface area (Å²) in [5.74, 6) is 0.761. The third-order valence-electron chi connectivity index (χ3n) is 4.96. The van der Waals surface area contributed by atoms with E-state index in [-0.39, 0.29) is 17.6 Å². The van der Waals surface area contributed by atoms with Gasteiger partial charge in [-0.2, -0.15) is 4.98 Å². The van der Waals surface area contributed by atoms with E-state index in [1.165, 1.54) is 12.1 Å². The number of piperidine rings is 1. The lowest BCUT2D eigenvalue weighted by Crippen LogP contribution is -2.40. The van der Waals surface area contributed by atoms with Gasteiger partial charge in [-0.25, -0.2) is 4.39 Å². The van der Waals surface area contributed by atoms with Gasteiger partial charge in [-0.15, -0.1) is 0 Å². The highest BCUT2D eigenvalue weighted by molar-refractivity contribution is 5.79. The second-order valence-corrected chi connectivity index (χ2v) is 6.87. The van der Waals surface area contributed by atoms with E-state index in [1.807, 2.05) is 35.2 Å². The second-order valence-electron chi connectivity index (χ2n) is 6.87. The number of benzene rings is 2. The van der Waals surface area contributed by atoms with Crippen molar-refractivity contribution in [3.63, 3.8) is 0 Å². The number of aromatic nitrogens is 2. The Bertz CT molecular complexity index is 919. The number of anilines is 1. The monoisotopic (exact) mass is 380 g/mol. The topological polar surface area (TPSA) is 71.3 Å². The molecule has 4 rings (SSSR count). The summed E-state index contributed by atoms with van der Waals surface area (Å²) in [5.41, 5.74) is 1.77. The fourth-order valence-corrected chi connectivity index (χ4v) is 3.32. The van der Waals surface area contributed by atoms with E-state index >= 15 is 0 Å². The molecule has 0 spiro atoms. The number of nitrogens with one attached hydrogen (secondary N) is 1. The summed E-state index contributed by atoms with van der Waals surface area (Å²) in [6.07, 6.45) is 1.45. The van der Waals surface area contributed by atoms with Crippen molar-refractivity contribution in [2.24, 2.45) is 5.92 Å². The summed E-state index contributed by atoms with van der Waals surface area (Å²) in [7, 11) is 0. The molecule has 1 aliphatic rings. The maximum Gasteiger partial charge on any atom is 0.266 e. The number of rotatable bonds is 5. The number of hydrogen-bond acceptors (Lipinski definition) is 5. The minimum Gasteiger partial charge on any atom is -0.352 e. The Morgan fingerprint density at radius 1 is 1.11 bits per heavy atom. The summed E-state index contributed by atoms with van der Waals surface area (Å²) in [4.78, 5) is 18.9. The maximum atomic E-state index is 12.9. The second kappa shape index (κ2) is 8.21. The van der Waals surface area contributed by atoms with Gasteiger partial charge in [0.15, 0.2) is 0 Å². The van der Waals surface area contributed by atoms with Crippen LogP contribution in [-0.4, -0.2) is 29.1 Å². The van der Waals surface area contributed by atoms with Gasteiger partial charge in [-0.05, 0) is 47.8 Å². The van der Waals surface area contributed by atoms with E-state index in [4.69, 9.17) is 4.52 Å². The zero-order chi connectivity index (χ0) is 19.3. The lowest BCUT2D eigenvalue weighted by atomic mass is 9.96. The first-order valence-electron chi connectivity index (χ1n) is 9.35. The van der Waals surface area contributed by atoms with Crippen molar-refractivity contribution in [1.82, 2.24) is 15.5 Å². The van der Waals surface area contributed by atoms with Crippen molar-refractivity contribution in [3.8, 4) is 11.5 Å². The predicted octanol–water partition coefficient (Wildman–Crippen LogP) is 3.41. The zero-order valence-electron chi connectivity index (χ0n) is 15.3. The van der Waals surface area contributed by atoms with Crippen molar-refractivity contribution in [1.29, 1.82) is 0 Å².